The third-order valence-electron chi connectivity index (χ3n) is 14.5. The lowest BCUT2D eigenvalue weighted by Gasteiger charge is -2.26. The van der Waals surface area contributed by atoms with Crippen LogP contribution in [0, 0.1) is 0 Å². The SMILES string of the molecule is C1=NC2CCCCC2N=Cc2ccc(cc2)P2c3ccc(cc3)C=NC3CCCCC3N=Cc3ccc(cc3)P(c3ccc1cc3)c1ccc(cc1)C=NC1CCCCC1N=Cc1ccc2cc1. The van der Waals surface area contributed by atoms with Gasteiger partial charge >= 0.3 is 0 Å². The summed E-state index contributed by atoms with van der Waals surface area (Å²) < 4.78 is 0. The topological polar surface area (TPSA) is 74.2 Å². The van der Waals surface area contributed by atoms with Crippen LogP contribution in [0.1, 0.15) is 110 Å². The molecule has 0 spiro atoms. The first-order valence-corrected chi connectivity index (χ1v) is 27.7. The van der Waals surface area contributed by atoms with E-state index in [2.05, 4.69) is 183 Å². The van der Waals surface area contributed by atoms with Gasteiger partial charge in [-0.05, 0) is 120 Å². The summed E-state index contributed by atoms with van der Waals surface area (Å²) in [5.41, 5.74) is 6.76. The molecule has 6 atom stereocenters. The molecule has 8 heteroatoms. The van der Waals surface area contributed by atoms with Crippen molar-refractivity contribution in [1.29, 1.82) is 0 Å². The van der Waals surface area contributed by atoms with Gasteiger partial charge in [-0.15, -0.1) is 0 Å². The zero-order valence-corrected chi connectivity index (χ0v) is 40.6. The smallest absolute Gasteiger partial charge is 0.0723 e. The van der Waals surface area contributed by atoms with Crippen LogP contribution in [0.2, 0.25) is 0 Å². The number of hydrogen-bond donors (Lipinski definition) is 0. The second-order valence-electron chi connectivity index (χ2n) is 19.1. The molecule has 30 rings (SSSR count). The molecule has 0 aromatic heterocycles. The Morgan fingerprint density at radius 2 is 0.368 bits per heavy atom. The number of benzene rings is 6. The third-order valence-corrected chi connectivity index (χ3v) is 19.4. The maximum atomic E-state index is 5.22. The Kier molecular flexibility index (Phi) is 14.0. The van der Waals surface area contributed by atoms with Crippen molar-refractivity contribution in [2.24, 2.45) is 30.0 Å². The highest BCUT2D eigenvalue weighted by Gasteiger charge is 2.26. The molecule has 0 amide bonds. The summed E-state index contributed by atoms with van der Waals surface area (Å²) in [4.78, 5) is 31.3. The molecule has 6 unspecified atom stereocenters. The van der Waals surface area contributed by atoms with Gasteiger partial charge in [0.15, 0.2) is 0 Å². The van der Waals surface area contributed by atoms with E-state index in [0.29, 0.717) is 0 Å². The Morgan fingerprint density at radius 3 is 0.515 bits per heavy atom. The van der Waals surface area contributed by atoms with Crippen molar-refractivity contribution >= 4 is 85.0 Å². The summed E-state index contributed by atoms with van der Waals surface area (Å²) in [5.74, 6) is 0. The van der Waals surface area contributed by atoms with Crippen molar-refractivity contribution in [3.63, 3.8) is 0 Å². The van der Waals surface area contributed by atoms with Crippen LogP contribution in [0.4, 0.5) is 0 Å². The van der Waals surface area contributed by atoms with Crippen LogP contribution in [-0.4, -0.2) is 73.5 Å². The van der Waals surface area contributed by atoms with Gasteiger partial charge in [-0.25, -0.2) is 0 Å². The third kappa shape index (κ3) is 10.6. The minimum Gasteiger partial charge on any atom is -0.287 e. The van der Waals surface area contributed by atoms with Crippen LogP contribution >= 0.6 is 15.8 Å². The molecule has 14 bridgehead atoms. The van der Waals surface area contributed by atoms with Crippen molar-refractivity contribution in [3.8, 4) is 0 Å². The van der Waals surface area contributed by atoms with Gasteiger partial charge in [0.25, 0.3) is 0 Å². The van der Waals surface area contributed by atoms with E-state index in [9.17, 15) is 0 Å². The lowest BCUT2D eigenvalue weighted by molar-refractivity contribution is 0.390. The molecule has 21 heterocycles. The minimum atomic E-state index is -0.837. The summed E-state index contributed by atoms with van der Waals surface area (Å²) in [6.07, 6.45) is 26.0. The minimum absolute atomic E-state index is 0.169. The Morgan fingerprint density at radius 1 is 0.221 bits per heavy atom. The molecule has 340 valence electrons. The average molecular weight is 927 g/mol. The summed E-state index contributed by atoms with van der Waals surface area (Å²) in [7, 11) is -1.67. The largest absolute Gasteiger partial charge is 0.287 e. The van der Waals surface area contributed by atoms with E-state index >= 15 is 0 Å². The van der Waals surface area contributed by atoms with Gasteiger partial charge in [-0.1, -0.05) is 184 Å². The van der Waals surface area contributed by atoms with Gasteiger partial charge in [0.2, 0.25) is 0 Å². The molecule has 68 heavy (non-hydrogen) atoms. The summed E-state index contributed by atoms with van der Waals surface area (Å²) >= 11 is 0. The molecule has 3 saturated carbocycles. The fraction of sp³-hybridized carbons (Fsp3) is 0.300. The first kappa shape index (κ1) is 44.7. The predicted octanol–water partition coefficient (Wildman–Crippen LogP) is 10.4. The summed E-state index contributed by atoms with van der Waals surface area (Å²) in [6, 6.07) is 55.8. The van der Waals surface area contributed by atoms with E-state index in [1.165, 1.54) is 70.4 Å². The fourth-order valence-electron chi connectivity index (χ4n) is 10.6. The van der Waals surface area contributed by atoms with E-state index in [-0.39, 0.29) is 36.3 Å². The molecule has 24 aliphatic rings. The lowest BCUT2D eigenvalue weighted by Crippen LogP contribution is -2.27. The molecular weight excluding hydrogens is 867 g/mol. The van der Waals surface area contributed by atoms with E-state index in [1.54, 1.807) is 0 Å². The van der Waals surface area contributed by atoms with Crippen LogP contribution in [-0.2, 0) is 0 Å². The zero-order chi connectivity index (χ0) is 45.5. The average Bonchev–Trinajstić information content (AvgIpc) is 3.40. The molecule has 0 saturated heterocycles. The maximum Gasteiger partial charge on any atom is 0.0723 e. The van der Waals surface area contributed by atoms with Crippen LogP contribution in [0.25, 0.3) is 0 Å². The second kappa shape index (κ2) is 21.2. The van der Waals surface area contributed by atoms with Crippen molar-refractivity contribution in [3.05, 3.63) is 179 Å². The monoisotopic (exact) mass is 926 g/mol. The quantitative estimate of drug-likeness (QED) is 0.136. The highest BCUT2D eigenvalue weighted by Crippen LogP contribution is 2.35. The maximum absolute atomic E-state index is 5.22. The number of aliphatic imine (C=N–C) groups is 6. The van der Waals surface area contributed by atoms with E-state index in [1.807, 2.05) is 0 Å². The molecule has 6 aromatic carbocycles. The van der Waals surface area contributed by atoms with Gasteiger partial charge in [0.1, 0.15) is 0 Å². The normalized spacial score (nSPS) is 25.8. The molecule has 6 aromatic rings. The van der Waals surface area contributed by atoms with Gasteiger partial charge in [0.05, 0.1) is 36.3 Å². The molecule has 6 nitrogen and oxygen atoms in total. The molecule has 0 N–H and O–H groups in total. The molecule has 0 radical (unpaired) electrons. The highest BCUT2D eigenvalue weighted by atomic mass is 31.1. The first-order chi connectivity index (χ1) is 33.6. The Labute approximate surface area is 405 Å². The lowest BCUT2D eigenvalue weighted by atomic mass is 9.91. The molecule has 3 aliphatic carbocycles. The Hall–Kier alpha value is -5.80. The zero-order valence-electron chi connectivity index (χ0n) is 38.8. The molecule has 21 aliphatic heterocycles. The van der Waals surface area contributed by atoms with Crippen LogP contribution < -0.4 is 31.8 Å². The van der Waals surface area contributed by atoms with Crippen molar-refractivity contribution < 1.29 is 0 Å². The summed E-state index contributed by atoms with van der Waals surface area (Å²) in [6.45, 7) is 0. The standard InChI is InChI=1S/C60H60N6P2/c1-2-8-56-55(7-1)61-37-43-13-25-49(26-14-43)67-51-29-17-45(18-30-51)39-63-57-9-3-5-11-59(57)65-41-47-21-33-53(34-22-47)68(50-27-15-44(16-28-50)38-62-56)54-35-23-48(24-36-54)42-66-60-12-6-4-10-58(60)64-40-46-19-31-52(67)32-20-46/h13-42,55-60H,1-12H2. The van der Waals surface area contributed by atoms with Crippen LogP contribution in [0.15, 0.2) is 176 Å². The van der Waals surface area contributed by atoms with Gasteiger partial charge in [-0.2, -0.15) is 0 Å². The van der Waals surface area contributed by atoms with Crippen LogP contribution in [0.3, 0.4) is 0 Å². The first-order valence-electron chi connectivity index (χ1n) is 25.0. The highest BCUT2D eigenvalue weighted by molar-refractivity contribution is 7.80. The van der Waals surface area contributed by atoms with E-state index in [0.717, 1.165) is 71.9 Å². The van der Waals surface area contributed by atoms with E-state index < -0.39 is 15.8 Å². The number of hydrogen-bond acceptors (Lipinski definition) is 6. The van der Waals surface area contributed by atoms with Crippen molar-refractivity contribution in [2.45, 2.75) is 113 Å². The van der Waals surface area contributed by atoms with Crippen molar-refractivity contribution in [1.82, 2.24) is 0 Å². The molecular formula is C60H60N6P2. The van der Waals surface area contributed by atoms with Crippen LogP contribution in [0.5, 0.6) is 0 Å². The molecule has 3 fully saturated rings. The van der Waals surface area contributed by atoms with Gasteiger partial charge in [0, 0.05) is 37.3 Å². The Bertz CT molecular complexity index is 2300. The second-order valence-corrected chi connectivity index (χ2v) is 23.6. The Balaban J connectivity index is 1.04. The van der Waals surface area contributed by atoms with Gasteiger partial charge in [-0.3, -0.25) is 30.0 Å². The fourth-order valence-corrected chi connectivity index (χ4v) is 15.0. The predicted molar refractivity (Wildman–Crippen MR) is 294 cm³/mol. The number of rotatable bonds is 0. The summed E-state index contributed by atoms with van der Waals surface area (Å²) in [5, 5.41) is 7.88. The number of nitrogens with zero attached hydrogens (tertiary/aromatic N) is 6. The van der Waals surface area contributed by atoms with E-state index in [4.69, 9.17) is 30.0 Å². The van der Waals surface area contributed by atoms with Gasteiger partial charge < -0.3 is 0 Å². The van der Waals surface area contributed by atoms with Crippen molar-refractivity contribution in [2.75, 3.05) is 0 Å².